The second-order valence-corrected chi connectivity index (χ2v) is 4.58. The lowest BCUT2D eigenvalue weighted by molar-refractivity contribution is 0.0924. The summed E-state index contributed by atoms with van der Waals surface area (Å²) in [7, 11) is 0. The van der Waals surface area contributed by atoms with Crippen LogP contribution in [0, 0.1) is 3.57 Å². The summed E-state index contributed by atoms with van der Waals surface area (Å²) >= 11 is 1.91. The van der Waals surface area contributed by atoms with Gasteiger partial charge in [0.15, 0.2) is 5.76 Å². The van der Waals surface area contributed by atoms with E-state index in [2.05, 4.69) is 4.98 Å². The molecule has 0 aromatic carbocycles. The Morgan fingerprint density at radius 3 is 3.06 bits per heavy atom. The van der Waals surface area contributed by atoms with Crippen LogP contribution < -0.4 is 16.8 Å². The zero-order valence-electron chi connectivity index (χ0n) is 9.09. The predicted molar refractivity (Wildman–Crippen MR) is 70.7 cm³/mol. The summed E-state index contributed by atoms with van der Waals surface area (Å²) in [4.78, 5) is 26.8. The van der Waals surface area contributed by atoms with Gasteiger partial charge in [0.25, 0.3) is 5.56 Å². The van der Waals surface area contributed by atoms with Gasteiger partial charge in [0.05, 0.1) is 16.4 Å². The third-order valence-electron chi connectivity index (χ3n) is 2.20. The molecule has 0 aliphatic carbocycles. The van der Waals surface area contributed by atoms with Gasteiger partial charge in [-0.25, -0.2) is 10.8 Å². The van der Waals surface area contributed by atoms with E-state index in [0.29, 0.717) is 9.33 Å². The van der Waals surface area contributed by atoms with Crippen LogP contribution >= 0.6 is 22.6 Å². The lowest BCUT2D eigenvalue weighted by Crippen LogP contribution is -2.29. The molecule has 0 saturated heterocycles. The number of rotatable bonds is 3. The number of hydrogen-bond donors (Lipinski definition) is 2. The van der Waals surface area contributed by atoms with Gasteiger partial charge in [0, 0.05) is 6.20 Å². The second kappa shape index (κ2) is 5.31. The maximum atomic E-state index is 11.7. The quantitative estimate of drug-likeness (QED) is 0.350. The van der Waals surface area contributed by atoms with Crippen molar-refractivity contribution < 1.29 is 9.21 Å². The van der Waals surface area contributed by atoms with Crippen molar-refractivity contribution in [1.29, 1.82) is 0 Å². The monoisotopic (exact) mass is 360 g/mol. The van der Waals surface area contributed by atoms with E-state index >= 15 is 0 Å². The van der Waals surface area contributed by atoms with Crippen molar-refractivity contribution in [1.82, 2.24) is 15.0 Å². The lowest BCUT2D eigenvalue weighted by atomic mass is 10.4. The molecule has 2 aromatic rings. The van der Waals surface area contributed by atoms with Gasteiger partial charge in [-0.05, 0) is 34.7 Å². The van der Waals surface area contributed by atoms with E-state index in [1.165, 1.54) is 23.2 Å². The van der Waals surface area contributed by atoms with Crippen LogP contribution in [-0.2, 0) is 6.54 Å². The van der Waals surface area contributed by atoms with E-state index in [9.17, 15) is 9.59 Å². The molecule has 0 aliphatic heterocycles. The number of amides is 1. The minimum atomic E-state index is -0.519. The van der Waals surface area contributed by atoms with Crippen molar-refractivity contribution in [2.24, 2.45) is 5.84 Å². The van der Waals surface area contributed by atoms with Crippen LogP contribution in [0.1, 0.15) is 16.3 Å². The van der Waals surface area contributed by atoms with E-state index in [1.807, 2.05) is 28.0 Å². The van der Waals surface area contributed by atoms with Crippen molar-refractivity contribution in [3.05, 3.63) is 50.1 Å². The maximum Gasteiger partial charge on any atom is 0.300 e. The molecule has 2 aromatic heterocycles. The summed E-state index contributed by atoms with van der Waals surface area (Å²) in [5.41, 5.74) is 1.80. The van der Waals surface area contributed by atoms with Gasteiger partial charge in [-0.15, -0.1) is 0 Å². The maximum absolute atomic E-state index is 11.7. The minimum absolute atomic E-state index is 0.0964. The van der Waals surface area contributed by atoms with Crippen molar-refractivity contribution in [3.8, 4) is 0 Å². The van der Waals surface area contributed by atoms with E-state index < -0.39 is 5.91 Å². The predicted octanol–water partition coefficient (Wildman–Crippen LogP) is 0.0927. The lowest BCUT2D eigenvalue weighted by Gasteiger charge is -2.02. The van der Waals surface area contributed by atoms with Crippen LogP contribution in [0.4, 0.5) is 0 Å². The summed E-state index contributed by atoms with van der Waals surface area (Å²) in [5.74, 6) is 5.03. The van der Waals surface area contributed by atoms with Gasteiger partial charge in [-0.3, -0.25) is 19.6 Å². The number of nitrogens with one attached hydrogen (secondary N) is 1. The SMILES string of the molecule is NNC(=O)c1ccc(Cn2cncc(I)c2=O)o1. The first-order valence-electron chi connectivity index (χ1n) is 4.91. The Labute approximate surface area is 115 Å². The summed E-state index contributed by atoms with van der Waals surface area (Å²) in [6.07, 6.45) is 2.89. The number of nitrogens with two attached hydrogens (primary N) is 1. The number of carbonyl (C=O) groups excluding carboxylic acids is 1. The zero-order valence-corrected chi connectivity index (χ0v) is 11.2. The summed E-state index contributed by atoms with van der Waals surface area (Å²) in [6, 6.07) is 3.10. The van der Waals surface area contributed by atoms with E-state index in [0.717, 1.165) is 0 Å². The molecule has 0 radical (unpaired) electrons. The highest BCUT2D eigenvalue weighted by Gasteiger charge is 2.10. The molecule has 0 fully saturated rings. The molecular weight excluding hydrogens is 351 g/mol. The van der Waals surface area contributed by atoms with Gasteiger partial charge in [0.2, 0.25) is 0 Å². The Kier molecular flexibility index (Phi) is 3.77. The average molecular weight is 360 g/mol. The third kappa shape index (κ3) is 2.59. The number of furan rings is 1. The fraction of sp³-hybridized carbons (Fsp3) is 0.100. The Morgan fingerprint density at radius 1 is 1.56 bits per heavy atom. The first kappa shape index (κ1) is 12.8. The molecule has 8 heteroatoms. The van der Waals surface area contributed by atoms with E-state index in [4.69, 9.17) is 10.3 Å². The summed E-state index contributed by atoms with van der Waals surface area (Å²) < 4.78 is 7.16. The van der Waals surface area contributed by atoms with Crippen LogP contribution in [0.2, 0.25) is 0 Å². The van der Waals surface area contributed by atoms with Gasteiger partial charge in [-0.2, -0.15) is 0 Å². The molecule has 0 atom stereocenters. The van der Waals surface area contributed by atoms with Crippen molar-refractivity contribution in [2.45, 2.75) is 6.54 Å². The van der Waals surface area contributed by atoms with E-state index in [1.54, 1.807) is 6.07 Å². The molecule has 3 N–H and O–H groups in total. The van der Waals surface area contributed by atoms with E-state index in [-0.39, 0.29) is 17.9 Å². The number of nitrogen functional groups attached to an aromatic ring is 1. The number of aromatic nitrogens is 2. The van der Waals surface area contributed by atoms with Crippen LogP contribution in [0.3, 0.4) is 0 Å². The molecule has 2 heterocycles. The van der Waals surface area contributed by atoms with Crippen LogP contribution in [0.5, 0.6) is 0 Å². The van der Waals surface area contributed by atoms with Gasteiger partial charge >= 0.3 is 5.91 Å². The fourth-order valence-electron chi connectivity index (χ4n) is 1.36. The second-order valence-electron chi connectivity index (χ2n) is 3.41. The molecular formula is C10H9IN4O3. The minimum Gasteiger partial charge on any atom is -0.454 e. The smallest absolute Gasteiger partial charge is 0.300 e. The van der Waals surface area contributed by atoms with Crippen LogP contribution in [0.25, 0.3) is 0 Å². The number of carbonyl (C=O) groups is 1. The zero-order chi connectivity index (χ0) is 13.1. The number of halogens is 1. The molecule has 94 valence electrons. The Bertz CT molecular complexity index is 634. The molecule has 0 bridgehead atoms. The molecule has 7 nitrogen and oxygen atoms in total. The number of hydrazine groups is 1. The van der Waals surface area contributed by atoms with Gasteiger partial charge < -0.3 is 4.42 Å². The topological polar surface area (TPSA) is 103 Å². The van der Waals surface area contributed by atoms with Gasteiger partial charge in [-0.1, -0.05) is 0 Å². The van der Waals surface area contributed by atoms with Gasteiger partial charge in [0.1, 0.15) is 5.76 Å². The highest BCUT2D eigenvalue weighted by molar-refractivity contribution is 14.1. The van der Waals surface area contributed by atoms with Crippen molar-refractivity contribution in [2.75, 3.05) is 0 Å². The van der Waals surface area contributed by atoms with Crippen LogP contribution in [-0.4, -0.2) is 15.5 Å². The normalized spacial score (nSPS) is 10.3. The molecule has 0 spiro atoms. The first-order chi connectivity index (χ1) is 8.61. The van der Waals surface area contributed by atoms with Crippen LogP contribution in [0.15, 0.2) is 33.9 Å². The first-order valence-corrected chi connectivity index (χ1v) is 5.99. The van der Waals surface area contributed by atoms with Crippen molar-refractivity contribution in [3.63, 3.8) is 0 Å². The third-order valence-corrected chi connectivity index (χ3v) is 2.94. The fourth-order valence-corrected chi connectivity index (χ4v) is 1.83. The molecule has 0 unspecified atom stereocenters. The summed E-state index contributed by atoms with van der Waals surface area (Å²) in [5, 5.41) is 0. The Morgan fingerprint density at radius 2 is 2.33 bits per heavy atom. The highest BCUT2D eigenvalue weighted by atomic mass is 127. The number of hydrogen-bond acceptors (Lipinski definition) is 5. The summed E-state index contributed by atoms with van der Waals surface area (Å²) in [6.45, 7) is 0.209. The Balaban J connectivity index is 2.24. The molecule has 0 saturated carbocycles. The highest BCUT2D eigenvalue weighted by Crippen LogP contribution is 2.08. The molecule has 2 rings (SSSR count). The average Bonchev–Trinajstić information content (AvgIpc) is 2.82. The van der Waals surface area contributed by atoms with Crippen molar-refractivity contribution >= 4 is 28.5 Å². The molecule has 18 heavy (non-hydrogen) atoms. The molecule has 0 aliphatic rings. The largest absolute Gasteiger partial charge is 0.454 e. The molecule has 1 amide bonds. The number of nitrogens with zero attached hydrogens (tertiary/aromatic N) is 2. The standard InChI is InChI=1S/C10H9IN4O3/c11-7-3-13-5-15(10(7)17)4-6-1-2-8(18-6)9(16)14-12/h1-3,5H,4,12H2,(H,14,16). The Hall–Kier alpha value is -1.68.